The number of aliphatic carboxylic acids is 1. The number of carbonyl (C=O) groups is 13. The minimum Gasteiger partial charge on any atom is -0.480 e. The molecule has 0 saturated heterocycles. The molecule has 0 unspecified atom stereocenters. The molecule has 672 valence electrons. The first-order valence-electron chi connectivity index (χ1n) is 41.9. The number of amides is 12. The lowest BCUT2D eigenvalue weighted by Gasteiger charge is -2.32. The highest BCUT2D eigenvalue weighted by molar-refractivity contribution is 6.00. The van der Waals surface area contributed by atoms with Gasteiger partial charge in [-0.1, -0.05) is 135 Å². The Morgan fingerprint density at radius 1 is 0.356 bits per heavy atom. The number of nitrogens with two attached hydrogens (primary N) is 9. The lowest BCUT2D eigenvalue weighted by Crippen LogP contribution is -2.63. The van der Waals surface area contributed by atoms with Crippen molar-refractivity contribution in [3.63, 3.8) is 0 Å². The Morgan fingerprint density at radius 3 is 0.873 bits per heavy atom. The molecule has 1 aromatic heterocycles. The van der Waals surface area contributed by atoms with Gasteiger partial charge in [-0.05, 0) is 138 Å². The number of aromatic amines is 1. The number of nitrogens with zero attached hydrogens (tertiary/aromatic N) is 4. The molecule has 32 N–H and O–H groups in total. The fourth-order valence-electron chi connectivity index (χ4n) is 12.6. The molecular weight excluding hydrogens is 1530 g/mol. The van der Waals surface area contributed by atoms with E-state index in [4.69, 9.17) is 51.6 Å². The van der Waals surface area contributed by atoms with Crippen molar-refractivity contribution in [2.24, 2.45) is 108 Å². The molecule has 0 saturated carbocycles. The van der Waals surface area contributed by atoms with Gasteiger partial charge >= 0.3 is 5.97 Å². The van der Waals surface area contributed by atoms with Gasteiger partial charge in [0.1, 0.15) is 72.5 Å². The van der Waals surface area contributed by atoms with Crippen LogP contribution in [0.5, 0.6) is 0 Å². The number of hydrogen-bond donors (Lipinski definition) is 23. The normalized spacial score (nSPS) is 16.1. The molecule has 118 heavy (non-hydrogen) atoms. The maximum atomic E-state index is 15.0. The summed E-state index contributed by atoms with van der Waals surface area (Å²) in [5.41, 5.74) is 51.8. The van der Waals surface area contributed by atoms with E-state index in [0.717, 1.165) is 0 Å². The third-order valence-electron chi connectivity index (χ3n) is 21.3. The van der Waals surface area contributed by atoms with Gasteiger partial charge in [-0.25, -0.2) is 9.78 Å². The van der Waals surface area contributed by atoms with Crippen LogP contribution < -0.4 is 115 Å². The Morgan fingerprint density at radius 2 is 0.602 bits per heavy atom. The summed E-state index contributed by atoms with van der Waals surface area (Å²) in [6, 6.07) is -17.0. The molecule has 1 heterocycles. The predicted molar refractivity (Wildman–Crippen MR) is 453 cm³/mol. The van der Waals surface area contributed by atoms with Crippen molar-refractivity contribution in [2.45, 2.75) is 304 Å². The van der Waals surface area contributed by atoms with Crippen molar-refractivity contribution in [3.8, 4) is 0 Å². The third-order valence-corrected chi connectivity index (χ3v) is 21.3. The zero-order valence-electron chi connectivity index (χ0n) is 72.1. The summed E-state index contributed by atoms with van der Waals surface area (Å²) in [6.07, 6.45) is 7.01. The third kappa shape index (κ3) is 39.5. The molecule has 0 aliphatic carbocycles. The Bertz CT molecular complexity index is 3370. The molecule has 0 aromatic carbocycles. The van der Waals surface area contributed by atoms with Crippen molar-refractivity contribution < 1.29 is 67.4 Å². The molecule has 40 nitrogen and oxygen atoms in total. The van der Waals surface area contributed by atoms with E-state index in [9.17, 15) is 67.4 Å². The quantitative estimate of drug-likeness (QED) is 0.0189. The van der Waals surface area contributed by atoms with Crippen LogP contribution in [0.25, 0.3) is 0 Å². The fourth-order valence-corrected chi connectivity index (χ4v) is 12.6. The Hall–Kier alpha value is -9.99. The van der Waals surface area contributed by atoms with Gasteiger partial charge in [0.15, 0.2) is 17.9 Å². The second-order valence-electron chi connectivity index (χ2n) is 31.4. The minimum absolute atomic E-state index is 0.00327. The number of carboxylic acid groups (broad SMARTS) is 1. The Kier molecular flexibility index (Phi) is 51.4. The van der Waals surface area contributed by atoms with Gasteiger partial charge in [0, 0.05) is 37.9 Å². The number of imidazole rings is 1. The van der Waals surface area contributed by atoms with Crippen molar-refractivity contribution in [3.05, 3.63) is 18.2 Å². The minimum atomic E-state index is -1.44. The number of H-pyrrole nitrogens is 1. The number of carboxylic acids is 1. The average Bonchev–Trinajstić information content (AvgIpc) is 1.06. The van der Waals surface area contributed by atoms with Gasteiger partial charge < -0.3 is 125 Å². The summed E-state index contributed by atoms with van der Waals surface area (Å²) in [4.78, 5) is 206. The van der Waals surface area contributed by atoms with E-state index >= 15 is 0 Å². The van der Waals surface area contributed by atoms with Gasteiger partial charge in [-0.15, -0.1) is 0 Å². The first-order chi connectivity index (χ1) is 55.7. The van der Waals surface area contributed by atoms with Crippen molar-refractivity contribution in [1.82, 2.24) is 73.8 Å². The predicted octanol–water partition coefficient (Wildman–Crippen LogP) is -2.08. The lowest BCUT2D eigenvalue weighted by molar-refractivity contribution is -0.143. The fraction of sp³-hybridized carbons (Fsp3) is 0.756. The zero-order valence-corrected chi connectivity index (χ0v) is 72.1. The largest absolute Gasteiger partial charge is 0.480 e. The molecule has 0 fully saturated rings. The van der Waals surface area contributed by atoms with E-state index in [1.165, 1.54) is 12.5 Å². The van der Waals surface area contributed by atoms with E-state index in [-0.39, 0.29) is 108 Å². The smallest absolute Gasteiger partial charge is 0.326 e. The molecule has 0 bridgehead atoms. The second-order valence-corrected chi connectivity index (χ2v) is 31.4. The molecule has 12 amide bonds. The average molecular weight is 1670 g/mol. The summed E-state index contributed by atoms with van der Waals surface area (Å²) in [7, 11) is 0. The van der Waals surface area contributed by atoms with Crippen LogP contribution in [0.4, 0.5) is 0 Å². The number of hydrogen-bond acceptors (Lipinski definition) is 20. The van der Waals surface area contributed by atoms with Crippen molar-refractivity contribution in [1.29, 1.82) is 0 Å². The molecule has 1 aromatic rings. The van der Waals surface area contributed by atoms with Crippen molar-refractivity contribution in [2.75, 3.05) is 32.7 Å². The highest BCUT2D eigenvalue weighted by atomic mass is 16.4. The molecule has 0 aliphatic rings. The van der Waals surface area contributed by atoms with Gasteiger partial charge in [0.25, 0.3) is 0 Å². The highest BCUT2D eigenvalue weighted by Gasteiger charge is 2.41. The lowest BCUT2D eigenvalue weighted by atomic mass is 9.93. The molecule has 19 atom stereocenters. The molecular formula is C78H146N26O14. The van der Waals surface area contributed by atoms with E-state index in [1.54, 1.807) is 83.1 Å². The molecule has 0 radical (unpaired) electrons. The van der Waals surface area contributed by atoms with Crippen molar-refractivity contribution >= 4 is 94.7 Å². The summed E-state index contributed by atoms with van der Waals surface area (Å²) in [6.45, 7) is 25.4. The monoisotopic (exact) mass is 1670 g/mol. The number of unbranched alkanes of at least 4 members (excludes halogenated alkanes) is 2. The number of aromatic nitrogens is 2. The van der Waals surface area contributed by atoms with Crippen LogP contribution in [0.1, 0.15) is 225 Å². The van der Waals surface area contributed by atoms with Crippen LogP contribution in [-0.4, -0.2) is 221 Å². The Labute approximate surface area is 695 Å². The molecule has 0 spiro atoms. The standard InChI is InChI=1S/C78H146N26O14/c1-15-43(9)57(102-72(114)61(47(13)19-5)100-67(109)54(32-27-37-91-78(86)87)95-64(106)52(30-25-35-89-76(82)83)93-63(105)50(81)38-42(7)8)69(111)96-53(31-26-36-90-77(84)85)65(107)94-51(28-21-23-33-79)66(108)99-60(46(12)18-4)73(115)104-59(45(11)17-3)71(113)98-56(39-49-40-88-41-92-49)68(110)101-62(48(14)20-6)74(116)103-58(44(10)16-2)70(112)97-55(75(117)118)29-22-24-34-80/h40-48,50-62H,15-39,79-81H2,1-14H3,(H,88,92)(H,93,105)(H,94,107)(H,95,106)(H,96,111)(H,97,112)(H,98,113)(H,99,108)(H,100,109)(H,101,110)(H,102,114)(H,103,116)(H,104,115)(H,117,118)(H4,82,83,89)(H4,84,85,90)(H4,86,87,91)/t43-,44-,45-,46-,47-,48-,50-,51-,52-,53-,54-,55-,56-,57-,58-,59-,60-,61-,62-/m0/s1. The van der Waals surface area contributed by atoms with E-state index in [1.807, 2.05) is 13.8 Å². The number of rotatable bonds is 61. The summed E-state index contributed by atoms with van der Waals surface area (Å²) >= 11 is 0. The van der Waals surface area contributed by atoms with E-state index < -0.39 is 191 Å². The highest BCUT2D eigenvalue weighted by Crippen LogP contribution is 2.20. The molecule has 0 aliphatic heterocycles. The van der Waals surface area contributed by atoms with Crippen LogP contribution in [-0.2, 0) is 68.7 Å². The number of aliphatic imine (C=N–C) groups is 3. The van der Waals surface area contributed by atoms with Crippen LogP contribution >= 0.6 is 0 Å². The number of nitrogens with one attached hydrogen (secondary N) is 13. The van der Waals surface area contributed by atoms with Crippen LogP contribution in [0.2, 0.25) is 0 Å². The molecule has 40 heteroatoms. The summed E-state index contributed by atoms with van der Waals surface area (Å²) < 4.78 is 0. The van der Waals surface area contributed by atoms with Gasteiger partial charge in [-0.3, -0.25) is 72.5 Å². The Balaban J connectivity index is 3.89. The first-order valence-corrected chi connectivity index (χ1v) is 41.9. The summed E-state index contributed by atoms with van der Waals surface area (Å²) in [5.74, 6) is -14.7. The van der Waals surface area contributed by atoms with Gasteiger partial charge in [0.2, 0.25) is 70.9 Å². The van der Waals surface area contributed by atoms with Crippen LogP contribution in [0.15, 0.2) is 27.5 Å². The maximum absolute atomic E-state index is 15.0. The van der Waals surface area contributed by atoms with Crippen LogP contribution in [0.3, 0.4) is 0 Å². The van der Waals surface area contributed by atoms with E-state index in [2.05, 4.69) is 88.7 Å². The maximum Gasteiger partial charge on any atom is 0.326 e. The van der Waals surface area contributed by atoms with Gasteiger partial charge in [-0.2, -0.15) is 0 Å². The number of guanidine groups is 3. The second kappa shape index (κ2) is 57.2. The van der Waals surface area contributed by atoms with Crippen LogP contribution in [0, 0.1) is 41.4 Å². The topological polar surface area (TPSA) is 686 Å². The SMILES string of the molecule is CC[C@H](C)[C@H](NC(=O)[C@H](Cc1cnc[nH]1)NC(=O)[C@@H](NC(=O)[C@@H](NC(=O)[C@H](CCCCN)NC(=O)[C@H](CCCN=C(N)N)NC(=O)[C@@H](NC(=O)[C@@H](NC(=O)[C@H](CCCN=C(N)N)NC(=O)[C@H](CCCN=C(N)N)NC(=O)[C@@H](N)CC(C)C)[C@@H](C)CC)[C@@H](C)CC)[C@@H](C)CC)[C@@H](C)CC)C(=O)N[C@H](C(=O)N[C@@H](CCCCN)C(=O)O)[C@@H](C)CC. The number of carbonyl (C=O) groups excluding carboxylic acids is 12. The molecule has 1 rings (SSSR count). The van der Waals surface area contributed by atoms with Gasteiger partial charge in [0.05, 0.1) is 12.4 Å². The summed E-state index contributed by atoms with van der Waals surface area (Å²) in [5, 5.41) is 43.2. The first kappa shape index (κ1) is 106. The van der Waals surface area contributed by atoms with E-state index in [0.29, 0.717) is 82.9 Å². The zero-order chi connectivity index (χ0) is 89.5.